The number of rotatable bonds is 15. The monoisotopic (exact) mass is 554 g/mol. The highest BCUT2D eigenvalue weighted by atomic mass is 16.5. The maximum Gasteiger partial charge on any atom is 0.298 e. The zero-order valence-electron chi connectivity index (χ0n) is 23.3. The van der Waals surface area contributed by atoms with Gasteiger partial charge < -0.3 is 32.8 Å². The Morgan fingerprint density at radius 1 is 0.780 bits per heavy atom. The van der Waals surface area contributed by atoms with Crippen molar-refractivity contribution in [3.63, 3.8) is 0 Å². The Labute approximate surface area is 239 Å². The Morgan fingerprint density at radius 2 is 1.44 bits per heavy atom. The van der Waals surface area contributed by atoms with E-state index in [9.17, 15) is 0 Å². The third-order valence-electron chi connectivity index (χ3n) is 6.43. The van der Waals surface area contributed by atoms with Crippen LogP contribution in [-0.4, -0.2) is 42.0 Å². The lowest BCUT2D eigenvalue weighted by atomic mass is 10.1. The summed E-state index contributed by atoms with van der Waals surface area (Å²) in [5.41, 5.74) is 5.01. The second-order valence-corrected chi connectivity index (χ2v) is 9.43. The molecule has 212 valence electrons. The van der Waals surface area contributed by atoms with Crippen molar-refractivity contribution in [2.45, 2.75) is 26.3 Å². The number of aromatic nitrogens is 3. The van der Waals surface area contributed by atoms with Gasteiger partial charge in [0.1, 0.15) is 23.5 Å². The van der Waals surface area contributed by atoms with E-state index in [0.29, 0.717) is 45.5 Å². The van der Waals surface area contributed by atoms with Crippen molar-refractivity contribution >= 4 is 6.01 Å². The molecule has 0 bridgehead atoms. The van der Waals surface area contributed by atoms with Gasteiger partial charge in [0, 0.05) is 31.2 Å². The zero-order chi connectivity index (χ0) is 28.3. The van der Waals surface area contributed by atoms with Crippen LogP contribution in [0.1, 0.15) is 22.4 Å². The molecule has 0 atom stereocenters. The van der Waals surface area contributed by atoms with Crippen LogP contribution >= 0.6 is 0 Å². The quantitative estimate of drug-likeness (QED) is 0.150. The molecular formula is C32H34N4O5. The minimum absolute atomic E-state index is 0.329. The van der Waals surface area contributed by atoms with Crippen molar-refractivity contribution in [3.8, 4) is 17.2 Å². The molecule has 0 aliphatic carbocycles. The van der Waals surface area contributed by atoms with Gasteiger partial charge in [0.2, 0.25) is 0 Å². The first-order valence-electron chi connectivity index (χ1n) is 13.4. The van der Waals surface area contributed by atoms with Gasteiger partial charge in [-0.1, -0.05) is 36.4 Å². The molecule has 0 spiro atoms. The van der Waals surface area contributed by atoms with Crippen molar-refractivity contribution in [1.82, 2.24) is 14.5 Å². The van der Waals surface area contributed by atoms with Crippen molar-refractivity contribution in [2.24, 2.45) is 0 Å². The molecule has 2 heterocycles. The number of anilines is 1. The fourth-order valence-corrected chi connectivity index (χ4v) is 4.38. The lowest BCUT2D eigenvalue weighted by molar-refractivity contribution is 0.0328. The van der Waals surface area contributed by atoms with Crippen molar-refractivity contribution in [3.05, 3.63) is 120 Å². The molecule has 0 fully saturated rings. The molecule has 2 aromatic heterocycles. The largest absolute Gasteiger partial charge is 0.497 e. The molecule has 3 aromatic carbocycles. The summed E-state index contributed by atoms with van der Waals surface area (Å²) in [7, 11) is 3.32. The van der Waals surface area contributed by atoms with Crippen LogP contribution in [0.3, 0.4) is 0 Å². The molecule has 5 rings (SSSR count). The SMILES string of the molecule is COc1cccc(COCCOCc2coc(N(Cc3cccc(OC)c3)Cc3cccc(-n4ccnc4)c3)n2)c1. The van der Waals surface area contributed by atoms with Crippen LogP contribution in [0.5, 0.6) is 11.5 Å². The molecule has 41 heavy (non-hydrogen) atoms. The number of benzene rings is 3. The first-order chi connectivity index (χ1) is 20.2. The van der Waals surface area contributed by atoms with E-state index in [4.69, 9.17) is 28.3 Å². The Balaban J connectivity index is 1.20. The van der Waals surface area contributed by atoms with E-state index in [-0.39, 0.29) is 0 Å². The van der Waals surface area contributed by atoms with Crippen molar-refractivity contribution < 1.29 is 23.4 Å². The van der Waals surface area contributed by atoms with Crippen molar-refractivity contribution in [1.29, 1.82) is 0 Å². The first kappa shape index (κ1) is 27.9. The summed E-state index contributed by atoms with van der Waals surface area (Å²) in [5.74, 6) is 1.62. The Hall–Kier alpha value is -4.60. The highest BCUT2D eigenvalue weighted by molar-refractivity contribution is 5.40. The van der Waals surface area contributed by atoms with Crippen LogP contribution in [0.25, 0.3) is 5.69 Å². The third-order valence-corrected chi connectivity index (χ3v) is 6.43. The van der Waals surface area contributed by atoms with Crippen molar-refractivity contribution in [2.75, 3.05) is 32.3 Å². The van der Waals surface area contributed by atoms with Gasteiger partial charge in [-0.05, 0) is 53.1 Å². The average molecular weight is 555 g/mol. The maximum absolute atomic E-state index is 5.93. The summed E-state index contributed by atoms with van der Waals surface area (Å²) in [6, 6.07) is 24.7. The minimum atomic E-state index is 0.329. The summed E-state index contributed by atoms with van der Waals surface area (Å²) in [6.07, 6.45) is 7.13. The second kappa shape index (κ2) is 14.2. The van der Waals surface area contributed by atoms with E-state index in [1.807, 2.05) is 59.3 Å². The van der Waals surface area contributed by atoms with Crippen LogP contribution in [0, 0.1) is 0 Å². The lowest BCUT2D eigenvalue weighted by Crippen LogP contribution is -2.22. The standard InChI is InChI=1S/C32H34N4O5/c1-37-30-10-4-7-26(17-30)20-36(19-25-6-3-9-29(16-25)35-13-12-33-24-35)32-34-28(23-41-32)22-40-15-14-39-21-27-8-5-11-31(18-27)38-2/h3-13,16-18,23-24H,14-15,19-22H2,1-2H3. The van der Waals surface area contributed by atoms with Crippen LogP contribution in [0.15, 0.2) is 102 Å². The second-order valence-electron chi connectivity index (χ2n) is 9.43. The number of hydrogen-bond donors (Lipinski definition) is 0. The van der Waals surface area contributed by atoms with Gasteiger partial charge in [-0.2, -0.15) is 4.98 Å². The smallest absolute Gasteiger partial charge is 0.298 e. The number of oxazole rings is 1. The summed E-state index contributed by atoms with van der Waals surface area (Å²) in [5, 5.41) is 0. The van der Waals surface area contributed by atoms with Gasteiger partial charge in [0.25, 0.3) is 6.01 Å². The number of imidazole rings is 1. The molecule has 0 radical (unpaired) electrons. The first-order valence-corrected chi connectivity index (χ1v) is 13.4. The van der Waals surface area contributed by atoms with Gasteiger partial charge in [-0.3, -0.25) is 0 Å². The topological polar surface area (TPSA) is 84.0 Å². The number of methoxy groups -OCH3 is 2. The zero-order valence-corrected chi connectivity index (χ0v) is 23.3. The molecule has 0 saturated heterocycles. The van der Waals surface area contributed by atoms with Crippen LogP contribution in [0.2, 0.25) is 0 Å². The molecule has 9 heteroatoms. The van der Waals surface area contributed by atoms with Crippen LogP contribution < -0.4 is 14.4 Å². The molecule has 0 unspecified atom stereocenters. The summed E-state index contributed by atoms with van der Waals surface area (Å²) in [6.45, 7) is 2.92. The maximum atomic E-state index is 5.93. The highest BCUT2D eigenvalue weighted by Gasteiger charge is 2.16. The van der Waals surface area contributed by atoms with E-state index in [1.54, 1.807) is 33.0 Å². The van der Waals surface area contributed by atoms with Gasteiger partial charge in [0.15, 0.2) is 0 Å². The van der Waals surface area contributed by atoms with E-state index in [1.165, 1.54) is 0 Å². The number of nitrogens with zero attached hydrogens (tertiary/aromatic N) is 4. The summed E-state index contributed by atoms with van der Waals surface area (Å²) >= 11 is 0. The molecule has 0 N–H and O–H groups in total. The Kier molecular flexibility index (Phi) is 9.65. The molecule has 9 nitrogen and oxygen atoms in total. The summed E-state index contributed by atoms with van der Waals surface area (Å²) in [4.78, 5) is 11.0. The molecule has 0 aliphatic heterocycles. The van der Waals surface area contributed by atoms with Gasteiger partial charge >= 0.3 is 0 Å². The van der Waals surface area contributed by atoms with E-state index in [2.05, 4.69) is 34.1 Å². The van der Waals surface area contributed by atoms with Gasteiger partial charge in [0.05, 0.1) is 47.0 Å². The van der Waals surface area contributed by atoms with E-state index in [0.717, 1.165) is 39.6 Å². The van der Waals surface area contributed by atoms with E-state index >= 15 is 0 Å². The van der Waals surface area contributed by atoms with Crippen LogP contribution in [0.4, 0.5) is 6.01 Å². The number of ether oxygens (including phenoxy) is 4. The number of hydrogen-bond acceptors (Lipinski definition) is 8. The third kappa shape index (κ3) is 7.97. The lowest BCUT2D eigenvalue weighted by Gasteiger charge is -2.21. The normalized spacial score (nSPS) is 11.0. The minimum Gasteiger partial charge on any atom is -0.497 e. The van der Waals surface area contributed by atoms with E-state index < -0.39 is 0 Å². The molecule has 5 aromatic rings. The Bertz CT molecular complexity index is 1500. The Morgan fingerprint density at radius 3 is 2.15 bits per heavy atom. The van der Waals surface area contributed by atoms with Gasteiger partial charge in [-0.15, -0.1) is 0 Å². The predicted molar refractivity (Wildman–Crippen MR) is 155 cm³/mol. The predicted octanol–water partition coefficient (Wildman–Crippen LogP) is 5.82. The molecule has 0 saturated carbocycles. The fraction of sp³-hybridized carbons (Fsp3) is 0.250. The van der Waals surface area contributed by atoms with Crippen LogP contribution in [-0.2, 0) is 35.8 Å². The fourth-order valence-electron chi connectivity index (χ4n) is 4.38. The molecular weight excluding hydrogens is 520 g/mol. The average Bonchev–Trinajstić information content (AvgIpc) is 3.72. The molecule has 0 aliphatic rings. The molecule has 0 amide bonds. The summed E-state index contributed by atoms with van der Waals surface area (Å²) < 4.78 is 30.1. The van der Waals surface area contributed by atoms with Gasteiger partial charge in [-0.25, -0.2) is 4.98 Å². The highest BCUT2D eigenvalue weighted by Crippen LogP contribution is 2.23.